The molecule has 5 nitrogen and oxygen atoms in total. The topological polar surface area (TPSA) is 76.9 Å². The Morgan fingerprint density at radius 3 is 3.00 bits per heavy atom. The minimum Gasteiger partial charge on any atom is -0.385 e. The Hall–Kier alpha value is -1.07. The van der Waals surface area contributed by atoms with Crippen LogP contribution in [0.2, 0.25) is 0 Å². The molecule has 2 aliphatic rings. The molecule has 17 heavy (non-hydrogen) atoms. The minimum absolute atomic E-state index is 0.100. The highest BCUT2D eigenvalue weighted by Crippen LogP contribution is 2.33. The van der Waals surface area contributed by atoms with Crippen LogP contribution in [0.1, 0.15) is 32.6 Å². The summed E-state index contributed by atoms with van der Waals surface area (Å²) in [6.07, 6.45) is 4.03. The van der Waals surface area contributed by atoms with Crippen LogP contribution in [0.15, 0.2) is 16.3 Å². The Balaban J connectivity index is 2.12. The van der Waals surface area contributed by atoms with Crippen LogP contribution in [-0.2, 0) is 4.74 Å². The van der Waals surface area contributed by atoms with Crippen LogP contribution in [-0.4, -0.2) is 36.8 Å². The van der Waals surface area contributed by atoms with Crippen molar-refractivity contribution in [2.45, 2.75) is 44.8 Å². The Morgan fingerprint density at radius 2 is 2.29 bits per heavy atom. The summed E-state index contributed by atoms with van der Waals surface area (Å²) in [5.41, 5.74) is 14.7. The van der Waals surface area contributed by atoms with Crippen LogP contribution in [0.5, 0.6) is 0 Å². The van der Waals surface area contributed by atoms with E-state index < -0.39 is 0 Å². The van der Waals surface area contributed by atoms with E-state index in [0.29, 0.717) is 12.6 Å². The summed E-state index contributed by atoms with van der Waals surface area (Å²) >= 11 is 0. The lowest BCUT2D eigenvalue weighted by molar-refractivity contribution is 0.157. The highest BCUT2D eigenvalue weighted by molar-refractivity contribution is 5.81. The van der Waals surface area contributed by atoms with Crippen LogP contribution >= 0.6 is 0 Å². The molecule has 0 spiro atoms. The number of hydrogen-bond donors (Lipinski definition) is 2. The van der Waals surface area contributed by atoms with Crippen molar-refractivity contribution < 1.29 is 4.74 Å². The summed E-state index contributed by atoms with van der Waals surface area (Å²) in [7, 11) is 1.71. The van der Waals surface area contributed by atoms with Crippen molar-refractivity contribution in [1.82, 2.24) is 4.90 Å². The Kier molecular flexibility index (Phi) is 3.69. The lowest BCUT2D eigenvalue weighted by atomic mass is 10.1. The second-order valence-electron chi connectivity index (χ2n) is 4.78. The van der Waals surface area contributed by atoms with E-state index in [2.05, 4.69) is 11.9 Å². The van der Waals surface area contributed by atoms with Crippen LogP contribution in [0.3, 0.4) is 0 Å². The third-order valence-electron chi connectivity index (χ3n) is 3.62. The van der Waals surface area contributed by atoms with E-state index in [0.717, 1.165) is 31.4 Å². The zero-order valence-electron chi connectivity index (χ0n) is 10.6. The van der Waals surface area contributed by atoms with Crippen molar-refractivity contribution in [3.05, 3.63) is 11.3 Å². The molecule has 1 heterocycles. The average molecular weight is 238 g/mol. The zero-order chi connectivity index (χ0) is 12.4. The highest BCUT2D eigenvalue weighted by atomic mass is 16.5. The predicted molar refractivity (Wildman–Crippen MR) is 68.3 cm³/mol. The maximum absolute atomic E-state index is 6.29. The van der Waals surface area contributed by atoms with E-state index in [-0.39, 0.29) is 12.2 Å². The van der Waals surface area contributed by atoms with Gasteiger partial charge in [0, 0.05) is 25.5 Å². The lowest BCUT2D eigenvalue weighted by Crippen LogP contribution is -2.56. The molecule has 1 aliphatic heterocycles. The fraction of sp³-hybridized carbons (Fsp3) is 0.750. The van der Waals surface area contributed by atoms with Gasteiger partial charge in [-0.2, -0.15) is 0 Å². The van der Waals surface area contributed by atoms with Gasteiger partial charge in [-0.1, -0.05) is 0 Å². The number of hydrogen-bond acceptors (Lipinski definition) is 5. The minimum atomic E-state index is -0.100. The van der Waals surface area contributed by atoms with E-state index in [9.17, 15) is 0 Å². The van der Waals surface area contributed by atoms with Gasteiger partial charge < -0.3 is 21.1 Å². The van der Waals surface area contributed by atoms with Gasteiger partial charge in [-0.05, 0) is 38.2 Å². The van der Waals surface area contributed by atoms with Gasteiger partial charge in [0.1, 0.15) is 6.17 Å². The van der Waals surface area contributed by atoms with E-state index in [1.165, 1.54) is 5.57 Å². The predicted octanol–water partition coefficient (Wildman–Crippen LogP) is 0.764. The maximum Gasteiger partial charge on any atom is 0.197 e. The SMILES string of the molecule is COCC[C@@H](C)N1C(N)=NC2=C(CCC2)C1N. The molecule has 0 fully saturated rings. The summed E-state index contributed by atoms with van der Waals surface area (Å²) in [6, 6.07) is 0.253. The first-order valence-corrected chi connectivity index (χ1v) is 6.24. The molecule has 4 N–H and O–H groups in total. The molecule has 2 rings (SSSR count). The van der Waals surface area contributed by atoms with Gasteiger partial charge in [-0.3, -0.25) is 0 Å². The van der Waals surface area contributed by atoms with Gasteiger partial charge in [0.15, 0.2) is 5.96 Å². The standard InChI is InChI=1S/C12H22N4O/c1-8(6-7-17-2)16-11(13)9-4-3-5-10(9)15-12(16)14/h8,11H,3-7,13H2,1-2H3,(H2,14,15)/t8-,11?/m1/s1. The van der Waals surface area contributed by atoms with E-state index >= 15 is 0 Å². The van der Waals surface area contributed by atoms with Crippen LogP contribution in [0.4, 0.5) is 0 Å². The summed E-state index contributed by atoms with van der Waals surface area (Å²) in [5, 5.41) is 0. The molecule has 0 aromatic carbocycles. The molecular formula is C12H22N4O. The fourth-order valence-corrected chi connectivity index (χ4v) is 2.63. The Labute approximate surface area is 103 Å². The summed E-state index contributed by atoms with van der Waals surface area (Å²) in [5.74, 6) is 0.557. The van der Waals surface area contributed by atoms with E-state index in [1.807, 2.05) is 4.90 Å². The zero-order valence-corrected chi connectivity index (χ0v) is 10.6. The first-order valence-electron chi connectivity index (χ1n) is 6.24. The van der Waals surface area contributed by atoms with Gasteiger partial charge in [0.05, 0.1) is 0 Å². The number of aliphatic imine (C=N–C) groups is 1. The second kappa shape index (κ2) is 5.06. The molecule has 0 saturated carbocycles. The number of allylic oxidation sites excluding steroid dienone is 1. The molecule has 5 heteroatoms. The first-order chi connectivity index (χ1) is 8.15. The average Bonchev–Trinajstić information content (AvgIpc) is 2.74. The number of nitrogens with zero attached hydrogens (tertiary/aromatic N) is 2. The first kappa shape index (κ1) is 12.4. The molecule has 0 aromatic heterocycles. The van der Waals surface area contributed by atoms with Gasteiger partial charge in [-0.25, -0.2) is 4.99 Å². The number of rotatable bonds is 4. The van der Waals surface area contributed by atoms with Gasteiger partial charge in [-0.15, -0.1) is 0 Å². The second-order valence-corrected chi connectivity index (χ2v) is 4.78. The third-order valence-corrected chi connectivity index (χ3v) is 3.62. The van der Waals surface area contributed by atoms with Crippen LogP contribution in [0, 0.1) is 0 Å². The molecular weight excluding hydrogens is 216 g/mol. The normalized spacial score (nSPS) is 25.9. The molecule has 1 unspecified atom stereocenters. The van der Waals surface area contributed by atoms with Crippen molar-refractivity contribution in [2.75, 3.05) is 13.7 Å². The molecule has 0 aromatic rings. The summed E-state index contributed by atoms with van der Waals surface area (Å²) in [6.45, 7) is 2.82. The van der Waals surface area contributed by atoms with E-state index in [1.54, 1.807) is 7.11 Å². The number of methoxy groups -OCH3 is 1. The lowest BCUT2D eigenvalue weighted by Gasteiger charge is -2.38. The van der Waals surface area contributed by atoms with Crippen molar-refractivity contribution >= 4 is 5.96 Å². The molecule has 0 amide bonds. The molecule has 2 atom stereocenters. The van der Waals surface area contributed by atoms with Crippen LogP contribution in [0.25, 0.3) is 0 Å². The molecule has 0 saturated heterocycles. The maximum atomic E-state index is 6.29. The van der Waals surface area contributed by atoms with Gasteiger partial charge >= 0.3 is 0 Å². The molecule has 1 aliphatic carbocycles. The number of guanidine groups is 1. The Morgan fingerprint density at radius 1 is 1.53 bits per heavy atom. The summed E-state index contributed by atoms with van der Waals surface area (Å²) in [4.78, 5) is 6.50. The van der Waals surface area contributed by atoms with E-state index in [4.69, 9.17) is 16.2 Å². The van der Waals surface area contributed by atoms with Crippen molar-refractivity contribution in [2.24, 2.45) is 16.5 Å². The quantitative estimate of drug-likeness (QED) is 0.758. The fourth-order valence-electron chi connectivity index (χ4n) is 2.63. The Bertz CT molecular complexity index is 350. The number of ether oxygens (including phenoxy) is 1. The van der Waals surface area contributed by atoms with Crippen molar-refractivity contribution in [3.63, 3.8) is 0 Å². The van der Waals surface area contributed by atoms with Crippen LogP contribution < -0.4 is 11.5 Å². The molecule has 0 radical (unpaired) electrons. The smallest absolute Gasteiger partial charge is 0.197 e. The monoisotopic (exact) mass is 238 g/mol. The van der Waals surface area contributed by atoms with Crippen molar-refractivity contribution in [1.29, 1.82) is 0 Å². The number of nitrogens with two attached hydrogens (primary N) is 2. The van der Waals surface area contributed by atoms with Gasteiger partial charge in [0.2, 0.25) is 0 Å². The molecule has 0 bridgehead atoms. The largest absolute Gasteiger partial charge is 0.385 e. The third kappa shape index (κ3) is 2.30. The summed E-state index contributed by atoms with van der Waals surface area (Å²) < 4.78 is 5.10. The van der Waals surface area contributed by atoms with Crippen molar-refractivity contribution in [3.8, 4) is 0 Å². The van der Waals surface area contributed by atoms with Gasteiger partial charge in [0.25, 0.3) is 0 Å². The molecule has 96 valence electrons. The highest BCUT2D eigenvalue weighted by Gasteiger charge is 2.32.